The van der Waals surface area contributed by atoms with Gasteiger partial charge in [-0.05, 0) is 36.4 Å². The fraction of sp³-hybridized carbons (Fsp3) is 0.357. The van der Waals surface area contributed by atoms with Crippen LogP contribution in [0.5, 0.6) is 11.5 Å². The summed E-state index contributed by atoms with van der Waals surface area (Å²) < 4.78 is 17.7. The third kappa shape index (κ3) is 8.71. The molecule has 0 aliphatic carbocycles. The van der Waals surface area contributed by atoms with Crippen LogP contribution in [0, 0.1) is 0 Å². The Morgan fingerprint density at radius 3 is 2.23 bits per heavy atom. The molecule has 4 aromatic rings. The molecule has 3 N–H and O–H groups in total. The number of alkyl halides is 1. The maximum absolute atomic E-state index is 9.00. The fourth-order valence-electron chi connectivity index (χ4n) is 3.93. The number of nitrogens with zero attached hydrogens (tertiary/aromatic N) is 5. The summed E-state index contributed by atoms with van der Waals surface area (Å²) in [6.07, 6.45) is 1.50. The van der Waals surface area contributed by atoms with Gasteiger partial charge in [0, 0.05) is 51.7 Å². The minimum Gasteiger partial charge on any atom is -0.481 e. The van der Waals surface area contributed by atoms with Crippen molar-refractivity contribution >= 4 is 38.8 Å². The average molecular weight is 616 g/mol. The van der Waals surface area contributed by atoms with Gasteiger partial charge < -0.3 is 25.1 Å². The highest BCUT2D eigenvalue weighted by Gasteiger charge is 2.31. The number of aliphatic carboxylic acids is 1. The summed E-state index contributed by atoms with van der Waals surface area (Å²) in [5.74, 6) is 1.16. The molecule has 1 fully saturated rings. The Kier molecular flexibility index (Phi) is 12.3. The van der Waals surface area contributed by atoms with Crippen LogP contribution in [0.1, 0.15) is 13.0 Å². The summed E-state index contributed by atoms with van der Waals surface area (Å²) in [6.45, 7) is 5.35. The molecule has 3 heterocycles. The van der Waals surface area contributed by atoms with Gasteiger partial charge in [-0.1, -0.05) is 34.1 Å². The number of hydrogen-bond acceptors (Lipinski definition) is 9. The lowest BCUT2D eigenvalue weighted by Crippen LogP contribution is -2.49. The number of fused-ring (bicyclic) bond motifs is 1. The summed E-state index contributed by atoms with van der Waals surface area (Å²) in [7, 11) is 3.40. The summed E-state index contributed by atoms with van der Waals surface area (Å²) in [5, 5.41) is 14.0. The zero-order chi connectivity index (χ0) is 28.9. The number of nitrogen functional groups attached to an aromatic ring is 1. The highest BCUT2D eigenvalue weighted by atomic mass is 79.9. The number of carboxylic acids is 1. The summed E-state index contributed by atoms with van der Waals surface area (Å²) >= 11 is 3.18. The Hall–Kier alpha value is -3.58. The summed E-state index contributed by atoms with van der Waals surface area (Å²) in [5.41, 5.74) is 8.74. The summed E-state index contributed by atoms with van der Waals surface area (Å²) in [4.78, 5) is 20.0. The van der Waals surface area contributed by atoms with E-state index in [4.69, 9.17) is 30.2 Å². The Balaban J connectivity index is 0.000000429. The molecule has 0 saturated carbocycles. The van der Waals surface area contributed by atoms with Crippen molar-refractivity contribution in [3.05, 3.63) is 60.9 Å². The van der Waals surface area contributed by atoms with E-state index in [0.717, 1.165) is 78.9 Å². The molecule has 0 atom stereocenters. The van der Waals surface area contributed by atoms with E-state index < -0.39 is 5.97 Å². The van der Waals surface area contributed by atoms with E-state index in [1.807, 2.05) is 59.3 Å². The zero-order valence-corrected chi connectivity index (χ0v) is 24.5. The predicted octanol–water partition coefficient (Wildman–Crippen LogP) is 4.49. The number of methoxy groups -OCH3 is 2. The maximum atomic E-state index is 9.00. The standard InChI is InChI=1S/C23H24N6O2.C3H7BrO.C2H4O2/c1-30-12-11-28-13-17(14-28)29-23-20(22(24)25-15-26-23)21(27-29)16-7-9-19(10-8-16)31-18-5-3-2-4-6-18;1-5-3-2-4;1-2(3)4/h2-10,15,17H,11-14H2,1H3,(H2,24,25,26);2-3H2,1H3;1H3,(H,3,4). The van der Waals surface area contributed by atoms with Crippen LogP contribution in [0.2, 0.25) is 0 Å². The molecular formula is C28H35BrN6O5. The lowest BCUT2D eigenvalue weighted by Gasteiger charge is -2.39. The van der Waals surface area contributed by atoms with Gasteiger partial charge in [0.05, 0.1) is 24.6 Å². The van der Waals surface area contributed by atoms with Gasteiger partial charge in [-0.15, -0.1) is 0 Å². The van der Waals surface area contributed by atoms with Gasteiger partial charge in [0.1, 0.15) is 29.3 Å². The number of nitrogens with two attached hydrogens (primary N) is 1. The second-order valence-corrected chi connectivity index (χ2v) is 9.59. The average Bonchev–Trinajstić information content (AvgIpc) is 3.30. The molecule has 1 aliphatic heterocycles. The first-order chi connectivity index (χ1) is 19.4. The van der Waals surface area contributed by atoms with E-state index in [1.54, 1.807) is 14.2 Å². The molecule has 12 heteroatoms. The molecule has 0 spiro atoms. The molecule has 0 unspecified atom stereocenters. The first kappa shape index (κ1) is 31.0. The quantitative estimate of drug-likeness (QED) is 0.259. The molecule has 214 valence electrons. The molecule has 40 heavy (non-hydrogen) atoms. The topological polar surface area (TPSA) is 138 Å². The molecule has 2 aromatic carbocycles. The van der Waals surface area contributed by atoms with Crippen molar-refractivity contribution < 1.29 is 24.1 Å². The number of rotatable bonds is 9. The third-order valence-electron chi connectivity index (χ3n) is 5.80. The maximum Gasteiger partial charge on any atom is 0.300 e. The number of anilines is 1. The first-order valence-electron chi connectivity index (χ1n) is 12.7. The van der Waals surface area contributed by atoms with Crippen LogP contribution in [-0.4, -0.2) is 88.1 Å². The first-order valence-corrected chi connectivity index (χ1v) is 13.8. The number of halogens is 1. The largest absolute Gasteiger partial charge is 0.481 e. The number of ether oxygens (including phenoxy) is 3. The van der Waals surface area contributed by atoms with Crippen LogP contribution < -0.4 is 10.5 Å². The van der Waals surface area contributed by atoms with Gasteiger partial charge >= 0.3 is 0 Å². The lowest BCUT2D eigenvalue weighted by molar-refractivity contribution is -0.134. The second kappa shape index (κ2) is 15.9. The molecule has 0 radical (unpaired) electrons. The minimum absolute atomic E-state index is 0.253. The van der Waals surface area contributed by atoms with Crippen molar-refractivity contribution in [1.29, 1.82) is 0 Å². The van der Waals surface area contributed by atoms with Gasteiger partial charge in [0.25, 0.3) is 5.97 Å². The number of benzene rings is 2. The normalized spacial score (nSPS) is 13.0. The number of aromatic nitrogens is 4. The molecular weight excluding hydrogens is 580 g/mol. The van der Waals surface area contributed by atoms with Crippen LogP contribution >= 0.6 is 15.9 Å². The second-order valence-electron chi connectivity index (χ2n) is 8.80. The summed E-state index contributed by atoms with van der Waals surface area (Å²) in [6, 6.07) is 17.8. The lowest BCUT2D eigenvalue weighted by atomic mass is 10.1. The Morgan fingerprint density at radius 1 is 1.02 bits per heavy atom. The smallest absolute Gasteiger partial charge is 0.300 e. The number of para-hydroxylation sites is 1. The van der Waals surface area contributed by atoms with Gasteiger partial charge in [0.2, 0.25) is 0 Å². The SMILES string of the molecule is CC(=O)O.COCCBr.COCCN1CC(n2nc(-c3ccc(Oc4ccccc4)cc3)c3c(N)ncnc32)C1. The third-order valence-corrected chi connectivity index (χ3v) is 6.13. The Labute approximate surface area is 242 Å². The van der Waals surface area contributed by atoms with Crippen LogP contribution in [0.4, 0.5) is 5.82 Å². The van der Waals surface area contributed by atoms with E-state index in [0.29, 0.717) is 5.82 Å². The highest BCUT2D eigenvalue weighted by molar-refractivity contribution is 9.09. The predicted molar refractivity (Wildman–Crippen MR) is 158 cm³/mol. The van der Waals surface area contributed by atoms with Crippen LogP contribution in [0.25, 0.3) is 22.3 Å². The van der Waals surface area contributed by atoms with Gasteiger partial charge in [-0.25, -0.2) is 14.6 Å². The van der Waals surface area contributed by atoms with E-state index >= 15 is 0 Å². The molecule has 1 aliphatic rings. The molecule has 11 nitrogen and oxygen atoms in total. The van der Waals surface area contributed by atoms with Crippen molar-refractivity contribution in [2.24, 2.45) is 0 Å². The molecule has 1 saturated heterocycles. The van der Waals surface area contributed by atoms with Crippen molar-refractivity contribution in [3.63, 3.8) is 0 Å². The Morgan fingerprint density at radius 2 is 1.65 bits per heavy atom. The van der Waals surface area contributed by atoms with Crippen LogP contribution in [0.15, 0.2) is 60.9 Å². The fourth-order valence-corrected chi connectivity index (χ4v) is 4.26. The monoisotopic (exact) mass is 614 g/mol. The highest BCUT2D eigenvalue weighted by Crippen LogP contribution is 2.34. The van der Waals surface area contributed by atoms with Crippen LogP contribution in [0.3, 0.4) is 0 Å². The van der Waals surface area contributed by atoms with Crippen LogP contribution in [-0.2, 0) is 14.3 Å². The molecule has 0 amide bonds. The van der Waals surface area contributed by atoms with Crippen molar-refractivity contribution in [1.82, 2.24) is 24.6 Å². The molecule has 2 aromatic heterocycles. The number of carboxylic acid groups (broad SMARTS) is 1. The van der Waals surface area contributed by atoms with Crippen molar-refractivity contribution in [2.45, 2.75) is 13.0 Å². The van der Waals surface area contributed by atoms with Gasteiger partial charge in [-0.2, -0.15) is 5.10 Å². The van der Waals surface area contributed by atoms with E-state index in [9.17, 15) is 0 Å². The minimum atomic E-state index is -0.833. The van der Waals surface area contributed by atoms with E-state index in [1.165, 1.54) is 6.33 Å². The Bertz CT molecular complexity index is 1320. The van der Waals surface area contributed by atoms with Crippen molar-refractivity contribution in [3.8, 4) is 22.8 Å². The van der Waals surface area contributed by atoms with E-state index in [-0.39, 0.29) is 6.04 Å². The molecule has 5 rings (SSSR count). The zero-order valence-electron chi connectivity index (χ0n) is 22.9. The number of hydrogen-bond donors (Lipinski definition) is 2. The van der Waals surface area contributed by atoms with E-state index in [2.05, 4.69) is 35.5 Å². The van der Waals surface area contributed by atoms with Gasteiger partial charge in [0.15, 0.2) is 5.65 Å². The number of carbonyl (C=O) groups is 1. The molecule has 0 bridgehead atoms. The number of likely N-dealkylation sites (tertiary alicyclic amines) is 1. The van der Waals surface area contributed by atoms with Crippen molar-refractivity contribution in [2.75, 3.05) is 58.1 Å². The van der Waals surface area contributed by atoms with Gasteiger partial charge in [-0.3, -0.25) is 9.69 Å².